The number of anilines is 1. The van der Waals surface area contributed by atoms with Gasteiger partial charge in [-0.3, -0.25) is 14.8 Å². The molecule has 0 bridgehead atoms. The Hall–Kier alpha value is -4.94. The molecule has 3 heterocycles. The Bertz CT molecular complexity index is 1700. The monoisotopic (exact) mass is 557 g/mol. The summed E-state index contributed by atoms with van der Waals surface area (Å²) in [6.45, 7) is 1.54. The Morgan fingerprint density at radius 2 is 1.70 bits per heavy atom. The molecule has 0 saturated carbocycles. The average Bonchev–Trinajstić information content (AvgIpc) is 3.34. The maximum atomic E-state index is 13.8. The molecular weight excluding hydrogens is 540 g/mol. The van der Waals surface area contributed by atoms with E-state index in [2.05, 4.69) is 25.1 Å². The van der Waals surface area contributed by atoms with E-state index in [1.807, 2.05) is 0 Å². The van der Waals surface area contributed by atoms with E-state index < -0.39 is 29.8 Å². The molecule has 0 spiro atoms. The molecule has 40 heavy (non-hydrogen) atoms. The molecule has 3 aromatic heterocycles. The fraction of sp³-hybridized carbons (Fsp3) is 0.111. The zero-order valence-corrected chi connectivity index (χ0v) is 20.4. The van der Waals surface area contributed by atoms with Gasteiger partial charge in [0.2, 0.25) is 0 Å². The maximum absolute atomic E-state index is 13.8. The SMILES string of the molecule is Cc1cc(-n2nc(C(=O)Nc3ccc(OC(F)(F)F)cc3)cc2-c2cccnc2)c2cccc(C(F)(F)F)c2n1. The quantitative estimate of drug-likeness (QED) is 0.236. The van der Waals surface area contributed by atoms with E-state index in [0.717, 1.165) is 18.2 Å². The highest BCUT2D eigenvalue weighted by Crippen LogP contribution is 2.37. The lowest BCUT2D eigenvalue weighted by Gasteiger charge is -2.15. The standard InChI is InChI=1S/C27H17F6N5O2/c1-15-12-23(19-5-2-6-20(24(19)35-15)26(28,29)30)38-22(16-4-3-11-34-14-16)13-21(37-38)25(39)36-17-7-9-18(10-8-17)40-27(31,32)33/h2-14H,1H3,(H,36,39). The molecule has 0 aliphatic rings. The van der Waals surface area contributed by atoms with Gasteiger partial charge in [0.05, 0.1) is 22.5 Å². The van der Waals surface area contributed by atoms with Crippen molar-refractivity contribution in [2.45, 2.75) is 19.5 Å². The lowest BCUT2D eigenvalue weighted by molar-refractivity contribution is -0.274. The van der Waals surface area contributed by atoms with Crippen molar-refractivity contribution in [3.05, 3.63) is 96.1 Å². The van der Waals surface area contributed by atoms with Gasteiger partial charge in [0, 0.05) is 34.7 Å². The first-order valence-electron chi connectivity index (χ1n) is 11.5. The van der Waals surface area contributed by atoms with E-state index in [9.17, 15) is 31.1 Å². The summed E-state index contributed by atoms with van der Waals surface area (Å²) >= 11 is 0. The molecule has 5 rings (SSSR count). The number of rotatable bonds is 5. The minimum absolute atomic E-state index is 0.107. The van der Waals surface area contributed by atoms with Gasteiger partial charge in [-0.05, 0) is 61.5 Å². The van der Waals surface area contributed by atoms with Crippen molar-refractivity contribution in [2.75, 3.05) is 5.32 Å². The van der Waals surface area contributed by atoms with Crippen molar-refractivity contribution in [1.82, 2.24) is 19.7 Å². The van der Waals surface area contributed by atoms with Crippen molar-refractivity contribution >= 4 is 22.5 Å². The second kappa shape index (κ2) is 9.98. The number of halogens is 6. The second-order valence-corrected chi connectivity index (χ2v) is 8.58. The Kier molecular flexibility index (Phi) is 6.65. The van der Waals surface area contributed by atoms with Crippen LogP contribution >= 0.6 is 0 Å². The van der Waals surface area contributed by atoms with Crippen LogP contribution in [0.2, 0.25) is 0 Å². The van der Waals surface area contributed by atoms with Gasteiger partial charge in [0.15, 0.2) is 5.69 Å². The van der Waals surface area contributed by atoms with Gasteiger partial charge in [0.25, 0.3) is 5.91 Å². The number of benzene rings is 2. The summed E-state index contributed by atoms with van der Waals surface area (Å²) in [5.41, 5.74) is 0.291. The van der Waals surface area contributed by atoms with Gasteiger partial charge in [-0.25, -0.2) is 4.68 Å². The number of nitrogens with one attached hydrogen (secondary N) is 1. The van der Waals surface area contributed by atoms with Crippen molar-refractivity contribution in [3.8, 4) is 22.7 Å². The number of aromatic nitrogens is 4. The number of pyridine rings is 2. The second-order valence-electron chi connectivity index (χ2n) is 8.58. The summed E-state index contributed by atoms with van der Waals surface area (Å²) in [6, 6.07) is 14.5. The van der Waals surface area contributed by atoms with Crippen LogP contribution in [0.4, 0.5) is 32.0 Å². The smallest absolute Gasteiger partial charge is 0.406 e. The minimum Gasteiger partial charge on any atom is -0.406 e. The van der Waals surface area contributed by atoms with Gasteiger partial charge < -0.3 is 10.1 Å². The molecule has 1 amide bonds. The molecule has 0 unspecified atom stereocenters. The summed E-state index contributed by atoms with van der Waals surface area (Å²) in [7, 11) is 0. The molecule has 13 heteroatoms. The van der Waals surface area contributed by atoms with Crippen molar-refractivity contribution < 1.29 is 35.9 Å². The Labute approximate surface area is 222 Å². The lowest BCUT2D eigenvalue weighted by atomic mass is 10.1. The molecule has 0 atom stereocenters. The molecule has 204 valence electrons. The summed E-state index contributed by atoms with van der Waals surface area (Å²) in [5.74, 6) is -1.17. The summed E-state index contributed by atoms with van der Waals surface area (Å²) in [5, 5.41) is 7.09. The van der Waals surface area contributed by atoms with E-state index in [1.165, 1.54) is 47.4 Å². The van der Waals surface area contributed by atoms with Gasteiger partial charge in [-0.1, -0.05) is 12.1 Å². The van der Waals surface area contributed by atoms with Crippen LogP contribution in [0.1, 0.15) is 21.7 Å². The number of hydrogen-bond acceptors (Lipinski definition) is 5. The number of para-hydroxylation sites is 1. The molecule has 0 aliphatic heterocycles. The van der Waals surface area contributed by atoms with Crippen molar-refractivity contribution in [3.63, 3.8) is 0 Å². The number of fused-ring (bicyclic) bond motifs is 1. The van der Waals surface area contributed by atoms with E-state index >= 15 is 0 Å². The zero-order chi connectivity index (χ0) is 28.7. The predicted octanol–water partition coefficient (Wildman–Crippen LogP) is 6.96. The van der Waals surface area contributed by atoms with E-state index in [1.54, 1.807) is 25.1 Å². The fourth-order valence-electron chi connectivity index (χ4n) is 4.09. The Morgan fingerprint density at radius 3 is 2.35 bits per heavy atom. The number of aryl methyl sites for hydroxylation is 1. The maximum Gasteiger partial charge on any atom is 0.573 e. The number of carbonyl (C=O) groups is 1. The molecule has 2 aromatic carbocycles. The van der Waals surface area contributed by atoms with Crippen molar-refractivity contribution in [2.24, 2.45) is 0 Å². The van der Waals surface area contributed by atoms with Crippen LogP contribution in [0.3, 0.4) is 0 Å². The van der Waals surface area contributed by atoms with Gasteiger partial charge >= 0.3 is 12.5 Å². The minimum atomic E-state index is -4.86. The Morgan fingerprint density at radius 1 is 0.950 bits per heavy atom. The van der Waals surface area contributed by atoms with Crippen LogP contribution in [0, 0.1) is 6.92 Å². The van der Waals surface area contributed by atoms with E-state index in [-0.39, 0.29) is 28.0 Å². The van der Waals surface area contributed by atoms with E-state index in [0.29, 0.717) is 17.0 Å². The molecule has 1 N–H and O–H groups in total. The normalized spacial score (nSPS) is 12.0. The first-order valence-corrected chi connectivity index (χ1v) is 11.5. The molecule has 0 fully saturated rings. The van der Waals surface area contributed by atoms with Crippen LogP contribution in [0.15, 0.2) is 79.1 Å². The highest BCUT2D eigenvalue weighted by atomic mass is 19.4. The van der Waals surface area contributed by atoms with E-state index in [4.69, 9.17) is 0 Å². The number of hydrogen-bond donors (Lipinski definition) is 1. The third-order valence-electron chi connectivity index (χ3n) is 5.72. The topological polar surface area (TPSA) is 81.9 Å². The van der Waals surface area contributed by atoms with Gasteiger partial charge in [0.1, 0.15) is 5.75 Å². The highest BCUT2D eigenvalue weighted by molar-refractivity contribution is 6.03. The number of amides is 1. The van der Waals surface area contributed by atoms with Crippen LogP contribution < -0.4 is 10.1 Å². The first kappa shape index (κ1) is 26.7. The number of nitrogens with zero attached hydrogens (tertiary/aromatic N) is 4. The molecule has 0 radical (unpaired) electrons. The van der Waals surface area contributed by atoms with Gasteiger partial charge in [-0.15, -0.1) is 13.2 Å². The first-order chi connectivity index (χ1) is 18.9. The molecular formula is C27H17F6N5O2. The fourth-order valence-corrected chi connectivity index (χ4v) is 4.09. The summed E-state index contributed by atoms with van der Waals surface area (Å²) in [4.78, 5) is 21.3. The predicted molar refractivity (Wildman–Crippen MR) is 133 cm³/mol. The molecule has 5 aromatic rings. The summed E-state index contributed by atoms with van der Waals surface area (Å²) < 4.78 is 83.7. The average molecular weight is 557 g/mol. The number of alkyl halides is 6. The van der Waals surface area contributed by atoms with Crippen LogP contribution in [0.5, 0.6) is 5.75 Å². The highest BCUT2D eigenvalue weighted by Gasteiger charge is 2.34. The Balaban J connectivity index is 1.59. The third-order valence-corrected chi connectivity index (χ3v) is 5.72. The molecule has 7 nitrogen and oxygen atoms in total. The van der Waals surface area contributed by atoms with Crippen LogP contribution in [-0.2, 0) is 6.18 Å². The molecule has 0 saturated heterocycles. The van der Waals surface area contributed by atoms with Crippen LogP contribution in [0.25, 0.3) is 27.8 Å². The number of ether oxygens (including phenoxy) is 1. The number of carbonyl (C=O) groups excluding carboxylic acids is 1. The van der Waals surface area contributed by atoms with Crippen LogP contribution in [-0.4, -0.2) is 32.0 Å². The third kappa shape index (κ3) is 5.58. The van der Waals surface area contributed by atoms with Gasteiger partial charge in [-0.2, -0.15) is 18.3 Å². The summed E-state index contributed by atoms with van der Waals surface area (Å²) in [6.07, 6.45) is -6.48. The zero-order valence-electron chi connectivity index (χ0n) is 20.4. The largest absolute Gasteiger partial charge is 0.573 e. The molecule has 0 aliphatic carbocycles. The lowest BCUT2D eigenvalue weighted by Crippen LogP contribution is -2.17. The van der Waals surface area contributed by atoms with Crippen molar-refractivity contribution in [1.29, 1.82) is 0 Å².